The lowest BCUT2D eigenvalue weighted by atomic mass is 10.0. The first-order valence-corrected chi connectivity index (χ1v) is 7.21. The lowest BCUT2D eigenvalue weighted by molar-refractivity contribution is 0.158. The largest absolute Gasteiger partial charge is 0.388 e. The Labute approximate surface area is 121 Å². The van der Waals surface area contributed by atoms with Crippen LogP contribution in [0.25, 0.3) is 0 Å². The van der Waals surface area contributed by atoms with E-state index < -0.39 is 0 Å². The fourth-order valence-electron chi connectivity index (χ4n) is 2.37. The quantitative estimate of drug-likeness (QED) is 0.829. The highest BCUT2D eigenvalue weighted by atomic mass is 16.3. The monoisotopic (exact) mass is 269 g/mol. The molecule has 0 spiro atoms. The van der Waals surface area contributed by atoms with Crippen molar-refractivity contribution in [3.05, 3.63) is 71.8 Å². The Hall–Kier alpha value is -1.64. The molecule has 0 amide bonds. The summed E-state index contributed by atoms with van der Waals surface area (Å²) in [6.45, 7) is 1.96. The molecule has 0 radical (unpaired) electrons. The lowest BCUT2D eigenvalue weighted by Gasteiger charge is -2.18. The first kappa shape index (κ1) is 14.8. The van der Waals surface area contributed by atoms with Gasteiger partial charge in [0.15, 0.2) is 0 Å². The molecule has 1 N–H and O–H groups in total. The molecule has 2 rings (SSSR count). The van der Waals surface area contributed by atoms with Crippen LogP contribution in [-0.4, -0.2) is 23.6 Å². The summed E-state index contributed by atoms with van der Waals surface area (Å²) >= 11 is 0. The SMILES string of the molecule is CN(CCCC(O)c1ccccc1)Cc1ccccc1. The molecule has 0 aliphatic rings. The second kappa shape index (κ2) is 7.83. The summed E-state index contributed by atoms with van der Waals surface area (Å²) in [6, 6.07) is 20.4. The van der Waals surface area contributed by atoms with Crippen LogP contribution >= 0.6 is 0 Å². The molecule has 1 unspecified atom stereocenters. The Balaban J connectivity index is 1.70. The van der Waals surface area contributed by atoms with E-state index in [2.05, 4.69) is 36.2 Å². The van der Waals surface area contributed by atoms with E-state index in [9.17, 15) is 5.11 Å². The molecular weight excluding hydrogens is 246 g/mol. The van der Waals surface area contributed by atoms with E-state index in [0.717, 1.165) is 31.5 Å². The second-order valence-corrected chi connectivity index (χ2v) is 5.29. The number of hydrogen-bond donors (Lipinski definition) is 1. The number of hydrogen-bond acceptors (Lipinski definition) is 2. The summed E-state index contributed by atoms with van der Waals surface area (Å²) in [6.07, 6.45) is 1.46. The maximum Gasteiger partial charge on any atom is 0.0790 e. The van der Waals surface area contributed by atoms with Gasteiger partial charge in [-0.3, -0.25) is 0 Å². The van der Waals surface area contributed by atoms with Gasteiger partial charge in [-0.1, -0.05) is 60.7 Å². The summed E-state index contributed by atoms with van der Waals surface area (Å²) in [5.74, 6) is 0. The maximum absolute atomic E-state index is 10.1. The number of benzene rings is 2. The summed E-state index contributed by atoms with van der Waals surface area (Å²) in [5, 5.41) is 10.1. The van der Waals surface area contributed by atoms with Crippen molar-refractivity contribution in [3.63, 3.8) is 0 Å². The molecule has 0 saturated heterocycles. The third-order valence-corrected chi connectivity index (χ3v) is 3.50. The Morgan fingerprint density at radius 1 is 0.950 bits per heavy atom. The van der Waals surface area contributed by atoms with Crippen LogP contribution in [0.1, 0.15) is 30.1 Å². The first-order chi connectivity index (χ1) is 9.75. The standard InChI is InChI=1S/C18H23NO/c1-19(15-16-9-4-2-5-10-16)14-8-13-18(20)17-11-6-3-7-12-17/h2-7,9-12,18,20H,8,13-15H2,1H3. The van der Waals surface area contributed by atoms with Crippen LogP contribution in [0.5, 0.6) is 0 Å². The maximum atomic E-state index is 10.1. The van der Waals surface area contributed by atoms with E-state index in [4.69, 9.17) is 0 Å². The predicted molar refractivity (Wildman–Crippen MR) is 83.4 cm³/mol. The van der Waals surface area contributed by atoms with Crippen LogP contribution in [0, 0.1) is 0 Å². The van der Waals surface area contributed by atoms with Gasteiger partial charge in [-0.2, -0.15) is 0 Å². The molecule has 106 valence electrons. The highest BCUT2D eigenvalue weighted by molar-refractivity contribution is 5.17. The van der Waals surface area contributed by atoms with Crippen LogP contribution in [0.4, 0.5) is 0 Å². The number of rotatable bonds is 7. The van der Waals surface area contributed by atoms with Gasteiger partial charge in [0.05, 0.1) is 6.10 Å². The normalized spacial score (nSPS) is 12.6. The van der Waals surface area contributed by atoms with E-state index in [1.807, 2.05) is 36.4 Å². The van der Waals surface area contributed by atoms with Crippen molar-refractivity contribution in [1.82, 2.24) is 4.90 Å². The Morgan fingerprint density at radius 3 is 2.20 bits per heavy atom. The lowest BCUT2D eigenvalue weighted by Crippen LogP contribution is -2.19. The van der Waals surface area contributed by atoms with Gasteiger partial charge >= 0.3 is 0 Å². The molecule has 1 atom stereocenters. The van der Waals surface area contributed by atoms with Crippen molar-refractivity contribution in [1.29, 1.82) is 0 Å². The number of aliphatic hydroxyl groups excluding tert-OH is 1. The smallest absolute Gasteiger partial charge is 0.0790 e. The van der Waals surface area contributed by atoms with Crippen LogP contribution in [0.2, 0.25) is 0 Å². The molecule has 0 saturated carbocycles. The van der Waals surface area contributed by atoms with Crippen molar-refractivity contribution in [3.8, 4) is 0 Å². The molecule has 2 aromatic carbocycles. The molecule has 0 bridgehead atoms. The van der Waals surface area contributed by atoms with Crippen LogP contribution in [-0.2, 0) is 6.54 Å². The molecule has 0 aromatic heterocycles. The van der Waals surface area contributed by atoms with Crippen LogP contribution in [0.3, 0.4) is 0 Å². The molecule has 2 aromatic rings. The highest BCUT2D eigenvalue weighted by Gasteiger charge is 2.07. The zero-order valence-electron chi connectivity index (χ0n) is 12.1. The average Bonchev–Trinajstić information content (AvgIpc) is 2.49. The van der Waals surface area contributed by atoms with Crippen molar-refractivity contribution < 1.29 is 5.11 Å². The topological polar surface area (TPSA) is 23.5 Å². The average molecular weight is 269 g/mol. The molecule has 0 fully saturated rings. The summed E-state index contributed by atoms with van der Waals surface area (Å²) < 4.78 is 0. The minimum Gasteiger partial charge on any atom is -0.388 e. The number of nitrogens with zero attached hydrogens (tertiary/aromatic N) is 1. The number of aliphatic hydroxyl groups is 1. The highest BCUT2D eigenvalue weighted by Crippen LogP contribution is 2.17. The van der Waals surface area contributed by atoms with Gasteiger partial charge in [0, 0.05) is 6.54 Å². The van der Waals surface area contributed by atoms with Crippen molar-refractivity contribution in [2.45, 2.75) is 25.5 Å². The zero-order chi connectivity index (χ0) is 14.2. The molecule has 2 nitrogen and oxygen atoms in total. The van der Waals surface area contributed by atoms with E-state index in [1.54, 1.807) is 0 Å². The van der Waals surface area contributed by atoms with Crippen LogP contribution in [0.15, 0.2) is 60.7 Å². The van der Waals surface area contributed by atoms with Gasteiger partial charge in [0.25, 0.3) is 0 Å². The summed E-state index contributed by atoms with van der Waals surface area (Å²) in [7, 11) is 2.13. The van der Waals surface area contributed by atoms with Gasteiger partial charge in [0.2, 0.25) is 0 Å². The molecule has 20 heavy (non-hydrogen) atoms. The summed E-state index contributed by atoms with van der Waals surface area (Å²) in [4.78, 5) is 2.30. The zero-order valence-corrected chi connectivity index (χ0v) is 12.1. The van der Waals surface area contributed by atoms with E-state index >= 15 is 0 Å². The van der Waals surface area contributed by atoms with Gasteiger partial charge in [-0.15, -0.1) is 0 Å². The van der Waals surface area contributed by atoms with Crippen LogP contribution < -0.4 is 0 Å². The molecule has 0 heterocycles. The van der Waals surface area contributed by atoms with Crippen molar-refractivity contribution in [2.75, 3.05) is 13.6 Å². The minimum atomic E-state index is -0.346. The first-order valence-electron chi connectivity index (χ1n) is 7.21. The van der Waals surface area contributed by atoms with Gasteiger partial charge in [0.1, 0.15) is 0 Å². The molecule has 2 heteroatoms. The summed E-state index contributed by atoms with van der Waals surface area (Å²) in [5.41, 5.74) is 2.34. The third-order valence-electron chi connectivity index (χ3n) is 3.50. The minimum absolute atomic E-state index is 0.346. The second-order valence-electron chi connectivity index (χ2n) is 5.29. The van der Waals surface area contributed by atoms with Gasteiger partial charge in [-0.05, 0) is 37.6 Å². The fraction of sp³-hybridized carbons (Fsp3) is 0.333. The Morgan fingerprint density at radius 2 is 1.55 bits per heavy atom. The Kier molecular flexibility index (Phi) is 5.78. The van der Waals surface area contributed by atoms with Gasteiger partial charge < -0.3 is 10.0 Å². The molecule has 0 aliphatic carbocycles. The van der Waals surface area contributed by atoms with E-state index in [-0.39, 0.29) is 6.10 Å². The van der Waals surface area contributed by atoms with E-state index in [0.29, 0.717) is 0 Å². The Bertz CT molecular complexity index is 483. The van der Waals surface area contributed by atoms with E-state index in [1.165, 1.54) is 5.56 Å². The van der Waals surface area contributed by atoms with Crippen molar-refractivity contribution in [2.24, 2.45) is 0 Å². The van der Waals surface area contributed by atoms with Gasteiger partial charge in [-0.25, -0.2) is 0 Å². The van der Waals surface area contributed by atoms with Crippen molar-refractivity contribution >= 4 is 0 Å². The molecular formula is C18H23NO. The predicted octanol–water partition coefficient (Wildman–Crippen LogP) is 3.63. The molecule has 0 aliphatic heterocycles. The fourth-order valence-corrected chi connectivity index (χ4v) is 2.37. The third kappa shape index (κ3) is 4.80.